The van der Waals surface area contributed by atoms with Crippen LogP contribution >= 0.6 is 0 Å². The molecular formula is C18H30O4. The Morgan fingerprint density at radius 1 is 1.09 bits per heavy atom. The molecule has 0 aromatic rings. The monoisotopic (exact) mass is 310 g/mol. The molecule has 2 fully saturated rings. The van der Waals surface area contributed by atoms with Crippen molar-refractivity contribution in [1.29, 1.82) is 0 Å². The minimum atomic E-state index is -0.695. The van der Waals surface area contributed by atoms with Crippen molar-refractivity contribution in [2.75, 3.05) is 0 Å². The summed E-state index contributed by atoms with van der Waals surface area (Å²) in [7, 11) is 0. The van der Waals surface area contributed by atoms with Crippen LogP contribution in [0.5, 0.6) is 0 Å². The molecule has 0 spiro atoms. The van der Waals surface area contributed by atoms with Crippen molar-refractivity contribution >= 4 is 5.97 Å². The number of hydrogen-bond donors (Lipinski definition) is 1. The second-order valence-electron chi connectivity index (χ2n) is 6.68. The first-order valence-electron chi connectivity index (χ1n) is 8.91. The SMILES string of the molecule is CCCCCC=CC[C@@H]1[C@@H](CCCCC(=O)O)[C@H]2C[C@H]1OO2. The second-order valence-corrected chi connectivity index (χ2v) is 6.68. The molecule has 1 heterocycles. The highest BCUT2D eigenvalue weighted by Gasteiger charge is 2.49. The normalized spacial score (nSPS) is 30.4. The highest BCUT2D eigenvalue weighted by molar-refractivity contribution is 5.66. The Morgan fingerprint density at radius 2 is 1.86 bits per heavy atom. The standard InChI is InChI=1S/C18H30O4/c1-2-3-4-5-6-7-10-14-15(11-8-9-12-18(19)20)17-13-16(14)21-22-17/h6-7,14-17H,2-5,8-13H2,1H3,(H,19,20)/t14-,15-,16-,17-/m1/s1. The third-order valence-electron chi connectivity index (χ3n) is 5.00. The lowest BCUT2D eigenvalue weighted by molar-refractivity contribution is -0.341. The first-order valence-corrected chi connectivity index (χ1v) is 8.91. The van der Waals surface area contributed by atoms with Crippen molar-refractivity contribution in [2.45, 2.75) is 83.3 Å². The van der Waals surface area contributed by atoms with Gasteiger partial charge in [-0.15, -0.1) is 0 Å². The molecule has 0 unspecified atom stereocenters. The topological polar surface area (TPSA) is 55.8 Å². The average Bonchev–Trinajstić information content (AvgIpc) is 3.08. The van der Waals surface area contributed by atoms with Crippen molar-refractivity contribution in [1.82, 2.24) is 0 Å². The fraction of sp³-hybridized carbons (Fsp3) is 0.833. The number of carbonyl (C=O) groups is 1. The van der Waals surface area contributed by atoms with Crippen LogP contribution in [0.15, 0.2) is 12.2 Å². The predicted octanol–water partition coefficient (Wildman–Crippen LogP) is 4.49. The van der Waals surface area contributed by atoms with E-state index in [1.165, 1.54) is 25.7 Å². The van der Waals surface area contributed by atoms with Crippen molar-refractivity contribution in [3.63, 3.8) is 0 Å². The zero-order valence-corrected chi connectivity index (χ0v) is 13.7. The van der Waals surface area contributed by atoms with E-state index in [0.29, 0.717) is 11.8 Å². The summed E-state index contributed by atoms with van der Waals surface area (Å²) >= 11 is 0. The number of carboxylic acid groups (broad SMARTS) is 1. The van der Waals surface area contributed by atoms with Crippen molar-refractivity contribution in [3.8, 4) is 0 Å². The summed E-state index contributed by atoms with van der Waals surface area (Å²) in [6, 6.07) is 0. The summed E-state index contributed by atoms with van der Waals surface area (Å²) in [6.45, 7) is 2.23. The van der Waals surface area contributed by atoms with Gasteiger partial charge in [0.05, 0.1) is 12.2 Å². The summed E-state index contributed by atoms with van der Waals surface area (Å²) in [4.78, 5) is 21.4. The van der Waals surface area contributed by atoms with Crippen LogP contribution < -0.4 is 0 Å². The molecule has 2 aliphatic rings. The van der Waals surface area contributed by atoms with Crippen LogP contribution in [0.25, 0.3) is 0 Å². The van der Waals surface area contributed by atoms with Crippen LogP contribution in [0.1, 0.15) is 71.1 Å². The van der Waals surface area contributed by atoms with Gasteiger partial charge in [-0.1, -0.05) is 38.3 Å². The molecule has 0 aromatic carbocycles. The van der Waals surface area contributed by atoms with Crippen LogP contribution in [0.2, 0.25) is 0 Å². The quantitative estimate of drug-likeness (QED) is 0.347. The molecule has 0 radical (unpaired) electrons. The molecule has 4 atom stereocenters. The summed E-state index contributed by atoms with van der Waals surface area (Å²) in [5, 5.41) is 8.71. The van der Waals surface area contributed by atoms with Gasteiger partial charge in [-0.3, -0.25) is 4.79 Å². The van der Waals surface area contributed by atoms with Crippen LogP contribution in [0.3, 0.4) is 0 Å². The minimum absolute atomic E-state index is 0.230. The van der Waals surface area contributed by atoms with Gasteiger partial charge >= 0.3 is 5.97 Å². The van der Waals surface area contributed by atoms with Gasteiger partial charge in [0.25, 0.3) is 0 Å². The number of rotatable bonds is 11. The van der Waals surface area contributed by atoms with Gasteiger partial charge < -0.3 is 5.11 Å². The van der Waals surface area contributed by atoms with Crippen LogP contribution in [0, 0.1) is 11.8 Å². The number of carboxylic acids is 1. The molecule has 0 aromatic heterocycles. The van der Waals surface area contributed by atoms with E-state index in [9.17, 15) is 4.79 Å². The lowest BCUT2D eigenvalue weighted by Gasteiger charge is -2.29. The van der Waals surface area contributed by atoms with Gasteiger partial charge in [0, 0.05) is 12.8 Å². The van der Waals surface area contributed by atoms with Crippen LogP contribution in [0.4, 0.5) is 0 Å². The van der Waals surface area contributed by atoms with Crippen molar-refractivity contribution < 1.29 is 19.7 Å². The number of fused-ring (bicyclic) bond motifs is 2. The molecule has 126 valence electrons. The van der Waals surface area contributed by atoms with E-state index in [1.54, 1.807) is 0 Å². The van der Waals surface area contributed by atoms with E-state index in [1.807, 2.05) is 0 Å². The highest BCUT2D eigenvalue weighted by atomic mass is 17.2. The third kappa shape index (κ3) is 5.10. The Labute approximate surface area is 133 Å². The number of allylic oxidation sites excluding steroid dienone is 2. The fourth-order valence-corrected chi connectivity index (χ4v) is 3.76. The highest BCUT2D eigenvalue weighted by Crippen LogP contribution is 2.46. The first-order chi connectivity index (χ1) is 10.7. The lowest BCUT2D eigenvalue weighted by Crippen LogP contribution is -2.30. The molecule has 1 saturated carbocycles. The number of aliphatic carboxylic acids is 1. The largest absolute Gasteiger partial charge is 0.481 e. The molecule has 4 nitrogen and oxygen atoms in total. The van der Waals surface area contributed by atoms with E-state index >= 15 is 0 Å². The van der Waals surface area contributed by atoms with Crippen molar-refractivity contribution in [3.05, 3.63) is 12.2 Å². The second kappa shape index (κ2) is 9.31. The zero-order chi connectivity index (χ0) is 15.8. The van der Waals surface area contributed by atoms with Gasteiger partial charge in [0.15, 0.2) is 0 Å². The predicted molar refractivity (Wildman–Crippen MR) is 85.3 cm³/mol. The first kappa shape index (κ1) is 17.5. The Bertz CT molecular complexity index is 366. The molecule has 4 heteroatoms. The maximum atomic E-state index is 10.6. The van der Waals surface area contributed by atoms with Gasteiger partial charge in [-0.25, -0.2) is 9.78 Å². The summed E-state index contributed by atoms with van der Waals surface area (Å²) in [5.41, 5.74) is 0. The van der Waals surface area contributed by atoms with Gasteiger partial charge in [0.2, 0.25) is 0 Å². The average molecular weight is 310 g/mol. The zero-order valence-electron chi connectivity index (χ0n) is 13.7. The molecule has 1 N–H and O–H groups in total. The Balaban J connectivity index is 1.71. The molecular weight excluding hydrogens is 280 g/mol. The maximum Gasteiger partial charge on any atom is 0.303 e. The molecule has 2 bridgehead atoms. The maximum absolute atomic E-state index is 10.6. The van der Waals surface area contributed by atoms with Gasteiger partial charge in [-0.05, 0) is 43.9 Å². The number of hydrogen-bond acceptors (Lipinski definition) is 3. The van der Waals surface area contributed by atoms with Crippen LogP contribution in [-0.2, 0) is 14.6 Å². The third-order valence-corrected chi connectivity index (χ3v) is 5.00. The Kier molecular flexibility index (Phi) is 7.40. The summed E-state index contributed by atoms with van der Waals surface area (Å²) in [5.74, 6) is 0.387. The molecule has 1 aliphatic carbocycles. The van der Waals surface area contributed by atoms with E-state index in [2.05, 4.69) is 19.1 Å². The fourth-order valence-electron chi connectivity index (χ4n) is 3.76. The molecule has 1 saturated heterocycles. The van der Waals surface area contributed by atoms with E-state index in [0.717, 1.165) is 32.1 Å². The van der Waals surface area contributed by atoms with Crippen LogP contribution in [-0.4, -0.2) is 23.3 Å². The summed E-state index contributed by atoms with van der Waals surface area (Å²) < 4.78 is 0. The molecule has 22 heavy (non-hydrogen) atoms. The lowest BCUT2D eigenvalue weighted by atomic mass is 9.86. The van der Waals surface area contributed by atoms with E-state index in [4.69, 9.17) is 14.9 Å². The number of unbranched alkanes of at least 4 members (excludes halogenated alkanes) is 4. The van der Waals surface area contributed by atoms with Gasteiger partial charge in [0.1, 0.15) is 0 Å². The molecule has 2 rings (SSSR count). The summed E-state index contributed by atoms with van der Waals surface area (Å²) in [6.07, 6.45) is 15.3. The molecule has 0 amide bonds. The molecule has 1 aliphatic heterocycles. The Morgan fingerprint density at radius 3 is 2.59 bits per heavy atom. The van der Waals surface area contributed by atoms with E-state index in [-0.39, 0.29) is 18.6 Å². The minimum Gasteiger partial charge on any atom is -0.481 e. The van der Waals surface area contributed by atoms with Gasteiger partial charge in [-0.2, -0.15) is 0 Å². The smallest absolute Gasteiger partial charge is 0.303 e. The van der Waals surface area contributed by atoms with Crippen molar-refractivity contribution in [2.24, 2.45) is 11.8 Å². The van der Waals surface area contributed by atoms with E-state index < -0.39 is 5.97 Å². The Hall–Kier alpha value is -0.870.